The van der Waals surface area contributed by atoms with Crippen LogP contribution in [0.3, 0.4) is 0 Å². The molecule has 1 amide bonds. The molecule has 1 aromatic carbocycles. The minimum atomic E-state index is -0.357. The maximum atomic E-state index is 11.2. The monoisotopic (exact) mass is 277 g/mol. The molecule has 0 atom stereocenters. The second-order valence-electron chi connectivity index (χ2n) is 3.43. The molecule has 0 spiro atoms. The van der Waals surface area contributed by atoms with Gasteiger partial charge in [0.2, 0.25) is 5.91 Å². The molecule has 0 aliphatic rings. The first-order valence-corrected chi connectivity index (χ1v) is 6.33. The van der Waals surface area contributed by atoms with Gasteiger partial charge in [-0.05, 0) is 12.1 Å². The van der Waals surface area contributed by atoms with Crippen LogP contribution in [0, 0.1) is 11.3 Å². The highest BCUT2D eigenvalue weighted by molar-refractivity contribution is 7.14. The van der Waals surface area contributed by atoms with Crippen molar-refractivity contribution in [1.82, 2.24) is 4.98 Å². The predicted octanol–water partition coefficient (Wildman–Crippen LogP) is 3.32. The van der Waals surface area contributed by atoms with Gasteiger partial charge in [-0.3, -0.25) is 4.79 Å². The summed E-state index contributed by atoms with van der Waals surface area (Å²) in [5, 5.41) is 13.9. The number of nitriles is 1. The molecule has 1 aromatic heterocycles. The third kappa shape index (κ3) is 3.06. The fourth-order valence-electron chi connectivity index (χ4n) is 1.35. The minimum absolute atomic E-state index is 0.175. The number of carbonyl (C=O) groups excluding carboxylic acids is 1. The van der Waals surface area contributed by atoms with Crippen molar-refractivity contribution in [2.24, 2.45) is 0 Å². The third-order valence-electron chi connectivity index (χ3n) is 2.11. The van der Waals surface area contributed by atoms with E-state index in [-0.39, 0.29) is 12.3 Å². The fourth-order valence-corrected chi connectivity index (χ4v) is 2.27. The van der Waals surface area contributed by atoms with E-state index in [0.29, 0.717) is 10.2 Å². The second-order valence-corrected chi connectivity index (χ2v) is 4.73. The largest absolute Gasteiger partial charge is 0.301 e. The molecule has 1 N–H and O–H groups in total. The van der Waals surface area contributed by atoms with Crippen LogP contribution in [-0.4, -0.2) is 10.9 Å². The molecule has 90 valence electrons. The van der Waals surface area contributed by atoms with E-state index in [1.807, 2.05) is 17.5 Å². The first kappa shape index (κ1) is 12.6. The minimum Gasteiger partial charge on any atom is -0.301 e. The van der Waals surface area contributed by atoms with Crippen molar-refractivity contribution in [1.29, 1.82) is 5.26 Å². The van der Waals surface area contributed by atoms with Gasteiger partial charge in [-0.2, -0.15) is 5.26 Å². The summed E-state index contributed by atoms with van der Waals surface area (Å²) in [6.07, 6.45) is -0.175. The van der Waals surface area contributed by atoms with Gasteiger partial charge in [-0.25, -0.2) is 4.98 Å². The molecular formula is C12H8ClN3OS. The summed E-state index contributed by atoms with van der Waals surface area (Å²) in [4.78, 5) is 15.5. The summed E-state index contributed by atoms with van der Waals surface area (Å²) in [6, 6.07) is 9.10. The molecular weight excluding hydrogens is 270 g/mol. The number of benzene rings is 1. The number of hydrogen-bond acceptors (Lipinski definition) is 4. The molecule has 1 heterocycles. The number of halogens is 1. The van der Waals surface area contributed by atoms with Crippen molar-refractivity contribution in [2.75, 3.05) is 5.32 Å². The van der Waals surface area contributed by atoms with Crippen LogP contribution in [0.25, 0.3) is 11.3 Å². The highest BCUT2D eigenvalue weighted by Crippen LogP contribution is 2.26. The van der Waals surface area contributed by atoms with E-state index in [9.17, 15) is 4.79 Å². The number of rotatable bonds is 3. The zero-order chi connectivity index (χ0) is 13.0. The summed E-state index contributed by atoms with van der Waals surface area (Å²) >= 11 is 7.21. The Balaban J connectivity index is 2.16. The smallest absolute Gasteiger partial charge is 0.240 e. The number of amides is 1. The van der Waals surface area contributed by atoms with E-state index in [4.69, 9.17) is 16.9 Å². The number of aromatic nitrogens is 1. The lowest BCUT2D eigenvalue weighted by Gasteiger charge is -1.97. The first-order chi connectivity index (χ1) is 8.69. The van der Waals surface area contributed by atoms with E-state index in [2.05, 4.69) is 10.3 Å². The Morgan fingerprint density at radius 2 is 2.39 bits per heavy atom. The average Bonchev–Trinajstić information content (AvgIpc) is 2.78. The van der Waals surface area contributed by atoms with Crippen LogP contribution in [-0.2, 0) is 4.79 Å². The molecule has 0 aliphatic heterocycles. The van der Waals surface area contributed by atoms with Crippen molar-refractivity contribution >= 4 is 34.0 Å². The topological polar surface area (TPSA) is 65.8 Å². The van der Waals surface area contributed by atoms with Crippen molar-refractivity contribution in [3.63, 3.8) is 0 Å². The molecule has 0 unspecified atom stereocenters. The molecule has 6 heteroatoms. The summed E-state index contributed by atoms with van der Waals surface area (Å²) in [6.45, 7) is 0. The van der Waals surface area contributed by atoms with Crippen LogP contribution in [0.2, 0.25) is 5.02 Å². The quantitative estimate of drug-likeness (QED) is 0.936. The van der Waals surface area contributed by atoms with E-state index >= 15 is 0 Å². The van der Waals surface area contributed by atoms with Crippen molar-refractivity contribution < 1.29 is 4.79 Å². The van der Waals surface area contributed by atoms with Crippen molar-refractivity contribution in [2.45, 2.75) is 6.42 Å². The third-order valence-corrected chi connectivity index (χ3v) is 3.10. The van der Waals surface area contributed by atoms with Crippen LogP contribution in [0.15, 0.2) is 29.6 Å². The number of hydrogen-bond donors (Lipinski definition) is 1. The molecule has 2 aromatic rings. The predicted molar refractivity (Wildman–Crippen MR) is 71.4 cm³/mol. The zero-order valence-corrected chi connectivity index (χ0v) is 10.8. The highest BCUT2D eigenvalue weighted by atomic mass is 35.5. The van der Waals surface area contributed by atoms with Crippen molar-refractivity contribution in [3.8, 4) is 17.3 Å². The molecule has 0 radical (unpaired) electrons. The van der Waals surface area contributed by atoms with E-state index in [0.717, 1.165) is 11.3 Å². The maximum Gasteiger partial charge on any atom is 0.240 e. The normalized spacial score (nSPS) is 9.78. The summed E-state index contributed by atoms with van der Waals surface area (Å²) in [5.74, 6) is -0.357. The molecule has 0 bridgehead atoms. The average molecular weight is 278 g/mol. The van der Waals surface area contributed by atoms with Gasteiger partial charge in [0.15, 0.2) is 5.13 Å². The highest BCUT2D eigenvalue weighted by Gasteiger charge is 2.07. The Bertz CT molecular complexity index is 618. The molecule has 0 fully saturated rings. The van der Waals surface area contributed by atoms with Crippen LogP contribution in [0.4, 0.5) is 5.13 Å². The van der Waals surface area contributed by atoms with E-state index in [1.165, 1.54) is 11.3 Å². The summed E-state index contributed by atoms with van der Waals surface area (Å²) in [5.41, 5.74) is 1.63. The van der Waals surface area contributed by atoms with Gasteiger partial charge in [0.1, 0.15) is 6.42 Å². The van der Waals surface area contributed by atoms with Crippen LogP contribution in [0.1, 0.15) is 6.42 Å². The molecule has 0 aliphatic carbocycles. The van der Waals surface area contributed by atoms with Crippen LogP contribution >= 0.6 is 22.9 Å². The van der Waals surface area contributed by atoms with Gasteiger partial charge >= 0.3 is 0 Å². The number of nitrogens with zero attached hydrogens (tertiary/aromatic N) is 2. The SMILES string of the molecule is N#CCC(=O)Nc1nc(-c2cccc(Cl)c2)cs1. The van der Waals surface area contributed by atoms with Gasteiger partial charge in [0.05, 0.1) is 11.8 Å². The zero-order valence-electron chi connectivity index (χ0n) is 9.18. The number of anilines is 1. The lowest BCUT2D eigenvalue weighted by molar-refractivity contribution is -0.115. The van der Waals surface area contributed by atoms with Gasteiger partial charge < -0.3 is 5.32 Å². The number of nitrogens with one attached hydrogen (secondary N) is 1. The van der Waals surface area contributed by atoms with Crippen LogP contribution in [0.5, 0.6) is 0 Å². The lowest BCUT2D eigenvalue weighted by Crippen LogP contribution is -2.09. The summed E-state index contributed by atoms with van der Waals surface area (Å²) in [7, 11) is 0. The maximum absolute atomic E-state index is 11.2. The van der Waals surface area contributed by atoms with Gasteiger partial charge in [0, 0.05) is 16.0 Å². The van der Waals surface area contributed by atoms with Gasteiger partial charge in [0.25, 0.3) is 0 Å². The molecule has 4 nitrogen and oxygen atoms in total. The standard InChI is InChI=1S/C12H8ClN3OS/c13-9-3-1-2-8(6-9)10-7-18-12(15-10)16-11(17)4-5-14/h1-3,6-7H,4H2,(H,15,16,17). The molecule has 18 heavy (non-hydrogen) atoms. The lowest BCUT2D eigenvalue weighted by atomic mass is 10.2. The summed E-state index contributed by atoms with van der Waals surface area (Å²) < 4.78 is 0. The Morgan fingerprint density at radius 1 is 1.56 bits per heavy atom. The van der Waals surface area contributed by atoms with E-state index in [1.54, 1.807) is 18.2 Å². The number of carbonyl (C=O) groups is 1. The fraction of sp³-hybridized carbons (Fsp3) is 0.0833. The Labute approximate surface area is 113 Å². The Kier molecular flexibility index (Phi) is 3.92. The second kappa shape index (κ2) is 5.63. The Hall–Kier alpha value is -1.90. The molecule has 0 saturated heterocycles. The van der Waals surface area contributed by atoms with Crippen molar-refractivity contribution in [3.05, 3.63) is 34.7 Å². The van der Waals surface area contributed by atoms with Crippen LogP contribution < -0.4 is 5.32 Å². The Morgan fingerprint density at radius 3 is 3.11 bits per heavy atom. The first-order valence-electron chi connectivity index (χ1n) is 5.07. The van der Waals surface area contributed by atoms with Gasteiger partial charge in [-0.15, -0.1) is 11.3 Å². The molecule has 2 rings (SSSR count). The molecule has 0 saturated carbocycles. The van der Waals surface area contributed by atoms with E-state index < -0.39 is 0 Å². The van der Waals surface area contributed by atoms with Gasteiger partial charge in [-0.1, -0.05) is 23.7 Å². The number of thiazole rings is 1.